The van der Waals surface area contributed by atoms with Crippen LogP contribution in [0.25, 0.3) is 11.1 Å². The lowest BCUT2D eigenvalue weighted by atomic mass is 10.0. The Hall–Kier alpha value is -3.12. The van der Waals surface area contributed by atoms with Crippen LogP contribution in [-0.4, -0.2) is 40.3 Å². The van der Waals surface area contributed by atoms with Crippen LogP contribution in [0.4, 0.5) is 9.18 Å². The number of benzene rings is 3. The third-order valence-corrected chi connectivity index (χ3v) is 7.24. The molecule has 3 rings (SSSR count). The Labute approximate surface area is 217 Å². The molecule has 0 heterocycles. The normalized spacial score (nSPS) is 11.1. The van der Waals surface area contributed by atoms with Gasteiger partial charge in [-0.1, -0.05) is 35.9 Å². The van der Waals surface area contributed by atoms with E-state index in [0.717, 1.165) is 0 Å². The van der Waals surface area contributed by atoms with Gasteiger partial charge in [0.05, 0.1) is 17.6 Å². The summed E-state index contributed by atoms with van der Waals surface area (Å²) < 4.78 is 49.2. The third kappa shape index (κ3) is 6.97. The van der Waals surface area contributed by atoms with E-state index in [9.17, 15) is 22.4 Å². The standard InChI is InChI=1S/C24H23ClFN3O5S2/c1-27-35-24(31)29-36(32,33)22-13-15(3-9-19(22)16-4-7-18(26)8-5-16)11-12-28-23(30)20-14-17(25)6-10-21(20)34-2/h3-10,13-14,27H,11-12H2,1-2H3,(H,28,30)(H,29,31). The molecule has 8 nitrogen and oxygen atoms in total. The lowest BCUT2D eigenvalue weighted by Gasteiger charge is -2.14. The molecule has 0 aliphatic carbocycles. The zero-order valence-electron chi connectivity index (χ0n) is 19.3. The molecule has 3 aromatic rings. The van der Waals surface area contributed by atoms with Crippen LogP contribution in [0.2, 0.25) is 5.02 Å². The van der Waals surface area contributed by atoms with E-state index in [-0.39, 0.29) is 17.0 Å². The summed E-state index contributed by atoms with van der Waals surface area (Å²) in [6, 6.07) is 14.7. The molecule has 0 unspecified atom stereocenters. The van der Waals surface area contributed by atoms with Gasteiger partial charge in [0.15, 0.2) is 0 Å². The van der Waals surface area contributed by atoms with Gasteiger partial charge >= 0.3 is 5.24 Å². The number of hydrogen-bond donors (Lipinski definition) is 3. The first-order valence-corrected chi connectivity index (χ1v) is 13.2. The average Bonchev–Trinajstić information content (AvgIpc) is 2.84. The first kappa shape index (κ1) is 27.5. The second kappa shape index (κ2) is 12.2. The van der Waals surface area contributed by atoms with Gasteiger partial charge in [-0.05, 0) is 61.0 Å². The maximum absolute atomic E-state index is 13.4. The second-order valence-electron chi connectivity index (χ2n) is 7.39. The van der Waals surface area contributed by atoms with Crippen LogP contribution in [0.15, 0.2) is 65.6 Å². The Morgan fingerprint density at radius 3 is 2.44 bits per heavy atom. The summed E-state index contributed by atoms with van der Waals surface area (Å²) in [6.45, 7) is 0.186. The Bertz CT molecular complexity index is 1370. The Morgan fingerprint density at radius 2 is 1.78 bits per heavy atom. The highest BCUT2D eigenvalue weighted by atomic mass is 35.5. The summed E-state index contributed by atoms with van der Waals surface area (Å²) in [6.07, 6.45) is 0.292. The lowest BCUT2D eigenvalue weighted by Crippen LogP contribution is -2.29. The first-order chi connectivity index (χ1) is 17.1. The molecule has 0 fully saturated rings. The Balaban J connectivity index is 1.85. The molecular weight excluding hydrogens is 529 g/mol. The quantitative estimate of drug-likeness (QED) is 0.338. The van der Waals surface area contributed by atoms with E-state index >= 15 is 0 Å². The number of carbonyl (C=O) groups is 2. The molecule has 190 valence electrons. The number of nitrogens with one attached hydrogen (secondary N) is 3. The first-order valence-electron chi connectivity index (χ1n) is 10.6. The number of hydrogen-bond acceptors (Lipinski definition) is 7. The molecule has 3 N–H and O–H groups in total. The van der Waals surface area contributed by atoms with Gasteiger partial charge in [-0.25, -0.2) is 17.5 Å². The van der Waals surface area contributed by atoms with Crippen molar-refractivity contribution in [3.8, 4) is 16.9 Å². The molecule has 0 atom stereocenters. The zero-order valence-corrected chi connectivity index (χ0v) is 21.7. The van der Waals surface area contributed by atoms with Gasteiger partial charge < -0.3 is 10.1 Å². The van der Waals surface area contributed by atoms with Crippen LogP contribution >= 0.6 is 23.5 Å². The molecule has 0 radical (unpaired) electrons. The minimum atomic E-state index is -4.26. The number of methoxy groups -OCH3 is 1. The third-order valence-electron chi connectivity index (χ3n) is 5.01. The summed E-state index contributed by atoms with van der Waals surface area (Å²) in [7, 11) is -1.34. The largest absolute Gasteiger partial charge is 0.496 e. The SMILES string of the molecule is CNSC(=O)NS(=O)(=O)c1cc(CCNC(=O)c2cc(Cl)ccc2OC)ccc1-c1ccc(F)cc1. The molecule has 2 amide bonds. The molecular formula is C24H23ClFN3O5S2. The fourth-order valence-corrected chi connectivity index (χ4v) is 5.33. The van der Waals surface area contributed by atoms with Crippen LogP contribution in [0, 0.1) is 5.82 Å². The predicted molar refractivity (Wildman–Crippen MR) is 138 cm³/mol. The van der Waals surface area contributed by atoms with Crippen LogP contribution in [0.1, 0.15) is 15.9 Å². The fraction of sp³-hybridized carbons (Fsp3) is 0.167. The number of carbonyl (C=O) groups excluding carboxylic acids is 2. The Morgan fingerprint density at radius 1 is 1.06 bits per heavy atom. The molecule has 0 saturated carbocycles. The predicted octanol–water partition coefficient (Wildman–Crippen LogP) is 4.39. The maximum atomic E-state index is 13.4. The summed E-state index contributed by atoms with van der Waals surface area (Å²) in [4.78, 5) is 24.4. The molecule has 0 saturated heterocycles. The van der Waals surface area contributed by atoms with Crippen molar-refractivity contribution in [3.63, 3.8) is 0 Å². The summed E-state index contributed by atoms with van der Waals surface area (Å²) in [5.74, 6) is -0.504. The highest BCUT2D eigenvalue weighted by Gasteiger charge is 2.23. The summed E-state index contributed by atoms with van der Waals surface area (Å²) >= 11 is 6.57. The highest BCUT2D eigenvalue weighted by Crippen LogP contribution is 2.29. The van der Waals surface area contributed by atoms with Crippen LogP contribution in [0.3, 0.4) is 0 Å². The number of ether oxygens (including phenoxy) is 1. The van der Waals surface area contributed by atoms with E-state index in [1.807, 2.05) is 4.72 Å². The van der Waals surface area contributed by atoms with Crippen molar-refractivity contribution in [2.75, 3.05) is 20.7 Å². The molecule has 0 aliphatic rings. The number of amides is 2. The minimum absolute atomic E-state index is 0.153. The molecule has 12 heteroatoms. The highest BCUT2D eigenvalue weighted by molar-refractivity contribution is 8.13. The molecule has 0 spiro atoms. The molecule has 3 aromatic carbocycles. The van der Waals surface area contributed by atoms with Crippen molar-refractivity contribution in [2.24, 2.45) is 0 Å². The summed E-state index contributed by atoms with van der Waals surface area (Å²) in [5, 5.41) is 2.33. The number of halogens is 2. The van der Waals surface area contributed by atoms with E-state index in [0.29, 0.717) is 45.8 Å². The fourth-order valence-electron chi connectivity index (χ4n) is 3.36. The van der Waals surface area contributed by atoms with E-state index in [1.165, 1.54) is 50.6 Å². The molecule has 0 aliphatic heterocycles. The van der Waals surface area contributed by atoms with E-state index in [2.05, 4.69) is 10.0 Å². The van der Waals surface area contributed by atoms with E-state index in [1.54, 1.807) is 24.3 Å². The maximum Gasteiger partial charge on any atom is 0.307 e. The number of rotatable bonds is 9. The van der Waals surface area contributed by atoms with E-state index in [4.69, 9.17) is 16.3 Å². The van der Waals surface area contributed by atoms with Crippen molar-refractivity contribution < 1.29 is 27.1 Å². The van der Waals surface area contributed by atoms with Gasteiger partial charge in [-0.15, -0.1) is 0 Å². The Kier molecular flexibility index (Phi) is 9.32. The van der Waals surface area contributed by atoms with Gasteiger partial charge in [-0.3, -0.25) is 14.3 Å². The van der Waals surface area contributed by atoms with Gasteiger partial charge in [0.1, 0.15) is 11.6 Å². The molecule has 0 bridgehead atoms. The van der Waals surface area contributed by atoms with Crippen molar-refractivity contribution in [1.29, 1.82) is 0 Å². The van der Waals surface area contributed by atoms with Crippen LogP contribution < -0.4 is 19.5 Å². The van der Waals surface area contributed by atoms with Gasteiger partial charge in [0.25, 0.3) is 15.9 Å². The van der Waals surface area contributed by atoms with Crippen molar-refractivity contribution in [3.05, 3.63) is 82.6 Å². The average molecular weight is 552 g/mol. The smallest absolute Gasteiger partial charge is 0.307 e. The zero-order chi connectivity index (χ0) is 26.3. The van der Waals surface area contributed by atoms with Gasteiger partial charge in [-0.2, -0.15) is 0 Å². The minimum Gasteiger partial charge on any atom is -0.496 e. The molecule has 0 aromatic heterocycles. The van der Waals surface area contributed by atoms with E-state index < -0.39 is 27.0 Å². The van der Waals surface area contributed by atoms with Gasteiger partial charge in [0, 0.05) is 29.1 Å². The second-order valence-corrected chi connectivity index (χ2v) is 10.5. The van der Waals surface area contributed by atoms with Crippen molar-refractivity contribution >= 4 is 44.7 Å². The number of sulfonamides is 1. The van der Waals surface area contributed by atoms with Crippen molar-refractivity contribution in [1.82, 2.24) is 14.8 Å². The van der Waals surface area contributed by atoms with Gasteiger partial charge in [0.2, 0.25) is 0 Å². The van der Waals surface area contributed by atoms with Crippen LogP contribution in [-0.2, 0) is 16.4 Å². The lowest BCUT2D eigenvalue weighted by molar-refractivity contribution is 0.0951. The summed E-state index contributed by atoms with van der Waals surface area (Å²) in [5.41, 5.74) is 1.61. The monoisotopic (exact) mass is 551 g/mol. The van der Waals surface area contributed by atoms with Crippen molar-refractivity contribution in [2.45, 2.75) is 11.3 Å². The molecule has 36 heavy (non-hydrogen) atoms. The topological polar surface area (TPSA) is 114 Å². The van der Waals surface area contributed by atoms with Crippen LogP contribution in [0.5, 0.6) is 5.75 Å².